The highest BCUT2D eigenvalue weighted by molar-refractivity contribution is 7.92. The number of nitrogens with two attached hydrogens (primary N) is 1. The van der Waals surface area contributed by atoms with E-state index in [0.717, 1.165) is 5.56 Å². The Hall–Kier alpha value is -1.85. The molecule has 4 nitrogen and oxygen atoms in total. The van der Waals surface area contributed by atoms with Crippen LogP contribution in [0.4, 0.5) is 5.69 Å². The fourth-order valence-corrected chi connectivity index (χ4v) is 2.98. The minimum absolute atomic E-state index is 0.274. The minimum Gasteiger partial charge on any atom is -0.326 e. The average Bonchev–Trinajstić information content (AvgIpc) is 2.47. The van der Waals surface area contributed by atoms with Crippen LogP contribution in [0.2, 0.25) is 0 Å². The molecule has 0 aliphatic heterocycles. The second-order valence-electron chi connectivity index (χ2n) is 4.16. The van der Waals surface area contributed by atoms with Crippen molar-refractivity contribution in [3.63, 3.8) is 0 Å². The van der Waals surface area contributed by atoms with Gasteiger partial charge in [-0.3, -0.25) is 4.31 Å². The molecule has 0 unspecified atom stereocenters. The number of hydrogen-bond acceptors (Lipinski definition) is 3. The van der Waals surface area contributed by atoms with E-state index in [1.54, 1.807) is 48.5 Å². The molecule has 19 heavy (non-hydrogen) atoms. The van der Waals surface area contributed by atoms with Crippen LogP contribution in [0.3, 0.4) is 0 Å². The first-order chi connectivity index (χ1) is 9.05. The Morgan fingerprint density at radius 2 is 1.74 bits per heavy atom. The summed E-state index contributed by atoms with van der Waals surface area (Å²) in [6, 6.07) is 15.6. The second kappa shape index (κ2) is 5.42. The van der Waals surface area contributed by atoms with Crippen molar-refractivity contribution in [2.24, 2.45) is 5.73 Å². The number of anilines is 1. The van der Waals surface area contributed by atoms with E-state index in [0.29, 0.717) is 12.2 Å². The zero-order valence-corrected chi connectivity index (χ0v) is 11.5. The molecule has 0 aliphatic rings. The number of nitrogens with zero attached hydrogens (tertiary/aromatic N) is 1. The molecule has 0 heterocycles. The lowest BCUT2D eigenvalue weighted by molar-refractivity contribution is 0.594. The Labute approximate surface area is 113 Å². The van der Waals surface area contributed by atoms with Gasteiger partial charge in [-0.25, -0.2) is 8.42 Å². The molecule has 0 saturated heterocycles. The molecule has 0 saturated carbocycles. The summed E-state index contributed by atoms with van der Waals surface area (Å²) in [6.45, 7) is 0.382. The normalized spacial score (nSPS) is 11.3. The third-order valence-electron chi connectivity index (χ3n) is 2.91. The van der Waals surface area contributed by atoms with Crippen LogP contribution in [0, 0.1) is 0 Å². The summed E-state index contributed by atoms with van der Waals surface area (Å²) >= 11 is 0. The Balaban J connectivity index is 2.40. The van der Waals surface area contributed by atoms with E-state index in [1.165, 1.54) is 11.4 Å². The van der Waals surface area contributed by atoms with E-state index in [1.807, 2.05) is 6.07 Å². The van der Waals surface area contributed by atoms with Crippen LogP contribution in [0.15, 0.2) is 59.5 Å². The van der Waals surface area contributed by atoms with E-state index in [2.05, 4.69) is 0 Å². The Bertz CT molecular complexity index is 654. The molecule has 0 spiro atoms. The first kappa shape index (κ1) is 13.6. The first-order valence-corrected chi connectivity index (χ1v) is 7.32. The molecular formula is C14H16N2O2S. The molecule has 0 atom stereocenters. The van der Waals surface area contributed by atoms with E-state index < -0.39 is 10.0 Å². The van der Waals surface area contributed by atoms with Crippen molar-refractivity contribution in [3.05, 3.63) is 60.2 Å². The lowest BCUT2D eigenvalue weighted by Crippen LogP contribution is -2.26. The van der Waals surface area contributed by atoms with Crippen molar-refractivity contribution in [3.8, 4) is 0 Å². The second-order valence-corrected chi connectivity index (χ2v) is 6.13. The summed E-state index contributed by atoms with van der Waals surface area (Å²) < 4.78 is 26.1. The molecule has 2 aromatic rings. The predicted octanol–water partition coefficient (Wildman–Crippen LogP) is 1.97. The summed E-state index contributed by atoms with van der Waals surface area (Å²) in [7, 11) is -1.98. The van der Waals surface area contributed by atoms with Crippen molar-refractivity contribution in [1.29, 1.82) is 0 Å². The highest BCUT2D eigenvalue weighted by Crippen LogP contribution is 2.22. The molecule has 0 aromatic heterocycles. The van der Waals surface area contributed by atoms with E-state index >= 15 is 0 Å². The summed E-state index contributed by atoms with van der Waals surface area (Å²) in [5.41, 5.74) is 7.07. The van der Waals surface area contributed by atoms with Crippen LogP contribution in [0.25, 0.3) is 0 Å². The highest BCUT2D eigenvalue weighted by Gasteiger charge is 2.20. The summed E-state index contributed by atoms with van der Waals surface area (Å²) in [6.07, 6.45) is 0. The summed E-state index contributed by atoms with van der Waals surface area (Å²) in [5, 5.41) is 0. The van der Waals surface area contributed by atoms with Gasteiger partial charge in [0, 0.05) is 13.6 Å². The molecule has 0 radical (unpaired) electrons. The molecule has 2 aromatic carbocycles. The summed E-state index contributed by atoms with van der Waals surface area (Å²) in [4.78, 5) is 0.274. The lowest BCUT2D eigenvalue weighted by Gasteiger charge is -2.20. The fourth-order valence-electron chi connectivity index (χ4n) is 1.77. The zero-order valence-electron chi connectivity index (χ0n) is 10.7. The van der Waals surface area contributed by atoms with Crippen LogP contribution >= 0.6 is 0 Å². The smallest absolute Gasteiger partial charge is 0.264 e. The summed E-state index contributed by atoms with van der Waals surface area (Å²) in [5.74, 6) is 0. The standard InChI is InChI=1S/C14H16N2O2S/c1-16(13-7-5-6-12(10-13)11-15)19(17,18)14-8-3-2-4-9-14/h2-10H,11,15H2,1H3. The molecule has 0 amide bonds. The quantitative estimate of drug-likeness (QED) is 0.928. The predicted molar refractivity (Wildman–Crippen MR) is 76.4 cm³/mol. The fraction of sp³-hybridized carbons (Fsp3) is 0.143. The Kier molecular flexibility index (Phi) is 3.87. The molecule has 100 valence electrons. The van der Waals surface area contributed by atoms with Gasteiger partial charge in [0.2, 0.25) is 0 Å². The van der Waals surface area contributed by atoms with E-state index in [-0.39, 0.29) is 4.90 Å². The van der Waals surface area contributed by atoms with Crippen molar-refractivity contribution >= 4 is 15.7 Å². The maximum atomic E-state index is 12.4. The number of benzene rings is 2. The van der Waals surface area contributed by atoms with Crippen molar-refractivity contribution in [2.45, 2.75) is 11.4 Å². The zero-order chi connectivity index (χ0) is 13.9. The molecule has 5 heteroatoms. The van der Waals surface area contributed by atoms with Crippen molar-refractivity contribution in [2.75, 3.05) is 11.4 Å². The lowest BCUT2D eigenvalue weighted by atomic mass is 10.2. The minimum atomic E-state index is -3.52. The van der Waals surface area contributed by atoms with Gasteiger partial charge in [-0.05, 0) is 29.8 Å². The van der Waals surface area contributed by atoms with E-state index in [9.17, 15) is 8.42 Å². The van der Waals surface area contributed by atoms with Gasteiger partial charge in [-0.2, -0.15) is 0 Å². The van der Waals surface area contributed by atoms with Gasteiger partial charge in [-0.1, -0.05) is 30.3 Å². The highest BCUT2D eigenvalue weighted by atomic mass is 32.2. The average molecular weight is 276 g/mol. The molecule has 0 aliphatic carbocycles. The molecule has 2 N–H and O–H groups in total. The third-order valence-corrected chi connectivity index (χ3v) is 4.71. The first-order valence-electron chi connectivity index (χ1n) is 5.88. The van der Waals surface area contributed by atoms with Gasteiger partial charge in [0.15, 0.2) is 0 Å². The maximum Gasteiger partial charge on any atom is 0.264 e. The van der Waals surface area contributed by atoms with E-state index in [4.69, 9.17) is 5.73 Å². The monoisotopic (exact) mass is 276 g/mol. The van der Waals surface area contributed by atoms with Gasteiger partial charge >= 0.3 is 0 Å². The van der Waals surface area contributed by atoms with Crippen LogP contribution < -0.4 is 10.0 Å². The van der Waals surface area contributed by atoms with Crippen LogP contribution in [-0.2, 0) is 16.6 Å². The van der Waals surface area contributed by atoms with Crippen molar-refractivity contribution in [1.82, 2.24) is 0 Å². The van der Waals surface area contributed by atoms with Gasteiger partial charge < -0.3 is 5.73 Å². The molecule has 0 fully saturated rings. The van der Waals surface area contributed by atoms with Gasteiger partial charge in [-0.15, -0.1) is 0 Å². The van der Waals surface area contributed by atoms with Crippen molar-refractivity contribution < 1.29 is 8.42 Å². The third kappa shape index (κ3) is 2.77. The van der Waals surface area contributed by atoms with Crippen LogP contribution in [-0.4, -0.2) is 15.5 Å². The van der Waals surface area contributed by atoms with Gasteiger partial charge in [0.05, 0.1) is 10.6 Å². The van der Waals surface area contributed by atoms with Crippen LogP contribution in [0.5, 0.6) is 0 Å². The largest absolute Gasteiger partial charge is 0.326 e. The molecule has 0 bridgehead atoms. The van der Waals surface area contributed by atoms with Gasteiger partial charge in [0.1, 0.15) is 0 Å². The molecule has 2 rings (SSSR count). The number of sulfonamides is 1. The number of rotatable bonds is 4. The topological polar surface area (TPSA) is 63.4 Å². The molecular weight excluding hydrogens is 260 g/mol. The van der Waals surface area contributed by atoms with Crippen LogP contribution in [0.1, 0.15) is 5.56 Å². The SMILES string of the molecule is CN(c1cccc(CN)c1)S(=O)(=O)c1ccccc1. The number of hydrogen-bond donors (Lipinski definition) is 1. The Morgan fingerprint density at radius 1 is 1.05 bits per heavy atom. The van der Waals surface area contributed by atoms with Gasteiger partial charge in [0.25, 0.3) is 10.0 Å². The maximum absolute atomic E-state index is 12.4. The Morgan fingerprint density at radius 3 is 2.37 bits per heavy atom.